The van der Waals surface area contributed by atoms with Crippen LogP contribution in [-0.2, 0) is 21.2 Å². The smallest absolute Gasteiger partial charge is 0.230 e. The zero-order valence-corrected chi connectivity index (χ0v) is 20.0. The molecule has 2 aromatic heterocycles. The molecule has 0 N–H and O–H groups in total. The second-order valence-corrected chi connectivity index (χ2v) is 10.5. The summed E-state index contributed by atoms with van der Waals surface area (Å²) in [5.41, 5.74) is 1.28. The predicted molar refractivity (Wildman–Crippen MR) is 129 cm³/mol. The number of hydrogen-bond donors (Lipinski definition) is 0. The lowest BCUT2D eigenvalue weighted by Crippen LogP contribution is -2.32. The summed E-state index contributed by atoms with van der Waals surface area (Å²) in [4.78, 5) is 23.6. The Morgan fingerprint density at radius 3 is 2.59 bits per heavy atom. The van der Waals surface area contributed by atoms with Gasteiger partial charge in [0.2, 0.25) is 5.91 Å². The van der Waals surface area contributed by atoms with Crippen molar-refractivity contribution in [3.8, 4) is 5.75 Å². The fourth-order valence-electron chi connectivity index (χ4n) is 3.33. The molecule has 0 saturated heterocycles. The highest BCUT2D eigenvalue weighted by molar-refractivity contribution is 7.91. The summed E-state index contributed by atoms with van der Waals surface area (Å²) in [5, 5.41) is 0.428. The quantitative estimate of drug-likeness (QED) is 0.312. The number of hydrogen-bond acceptors (Lipinski definition) is 7. The molecule has 7 nitrogen and oxygen atoms in total. The van der Waals surface area contributed by atoms with Crippen LogP contribution in [0.25, 0.3) is 10.2 Å². The molecule has 0 aliphatic heterocycles. The highest BCUT2D eigenvalue weighted by Crippen LogP contribution is 2.35. The van der Waals surface area contributed by atoms with E-state index in [1.54, 1.807) is 18.3 Å². The van der Waals surface area contributed by atoms with Crippen molar-refractivity contribution < 1.29 is 22.3 Å². The van der Waals surface area contributed by atoms with Crippen LogP contribution in [0.15, 0.2) is 71.8 Å². The van der Waals surface area contributed by atoms with E-state index in [1.807, 2.05) is 31.2 Å². The second-order valence-electron chi connectivity index (χ2n) is 7.36. The number of carbonyl (C=O) groups excluding carboxylic acids is 1. The number of aromatic nitrogens is 2. The lowest BCUT2D eigenvalue weighted by Gasteiger charge is -2.19. The zero-order valence-electron chi connectivity index (χ0n) is 18.3. The molecule has 0 saturated carbocycles. The van der Waals surface area contributed by atoms with Crippen LogP contribution in [0.1, 0.15) is 19.0 Å². The second kappa shape index (κ2) is 10.3. The Bertz CT molecular complexity index is 1390. The maximum atomic E-state index is 13.3. The van der Waals surface area contributed by atoms with Crippen LogP contribution in [0.5, 0.6) is 5.75 Å². The molecule has 34 heavy (non-hydrogen) atoms. The summed E-state index contributed by atoms with van der Waals surface area (Å²) in [6, 6.07) is 15.5. The molecular formula is C24H22FN3O4S2. The van der Waals surface area contributed by atoms with Crippen LogP contribution in [0.4, 0.5) is 9.52 Å². The van der Waals surface area contributed by atoms with E-state index in [0.29, 0.717) is 28.7 Å². The van der Waals surface area contributed by atoms with Gasteiger partial charge in [-0.25, -0.2) is 17.8 Å². The molecule has 2 aromatic carbocycles. The van der Waals surface area contributed by atoms with Crippen molar-refractivity contribution in [2.75, 3.05) is 17.3 Å². The number of thiazole rings is 1. The summed E-state index contributed by atoms with van der Waals surface area (Å²) < 4.78 is 45.1. The summed E-state index contributed by atoms with van der Waals surface area (Å²) >= 11 is 1.32. The molecule has 4 aromatic rings. The molecule has 10 heteroatoms. The number of pyridine rings is 1. The Morgan fingerprint density at radius 1 is 1.09 bits per heavy atom. The number of benzene rings is 2. The first-order valence-corrected chi connectivity index (χ1v) is 13.0. The number of nitrogens with zero attached hydrogens (tertiary/aromatic N) is 3. The summed E-state index contributed by atoms with van der Waals surface area (Å²) in [6.45, 7) is 2.49. The van der Waals surface area contributed by atoms with Crippen molar-refractivity contribution in [2.24, 2.45) is 0 Å². The molecule has 0 spiro atoms. The van der Waals surface area contributed by atoms with Gasteiger partial charge in [0.25, 0.3) is 0 Å². The van der Waals surface area contributed by atoms with Gasteiger partial charge in [-0.05, 0) is 55.5 Å². The van der Waals surface area contributed by atoms with E-state index in [4.69, 9.17) is 4.74 Å². The van der Waals surface area contributed by atoms with E-state index in [9.17, 15) is 17.6 Å². The number of fused-ring (bicyclic) bond motifs is 1. The minimum absolute atomic E-state index is 0.0284. The molecule has 2 heterocycles. The average Bonchev–Trinajstić information content (AvgIpc) is 3.27. The number of sulfone groups is 1. The van der Waals surface area contributed by atoms with E-state index in [2.05, 4.69) is 9.97 Å². The summed E-state index contributed by atoms with van der Waals surface area (Å²) in [7, 11) is -3.77. The first-order valence-electron chi connectivity index (χ1n) is 10.6. The number of ether oxygens (including phenoxy) is 1. The Balaban J connectivity index is 1.62. The van der Waals surface area contributed by atoms with Crippen molar-refractivity contribution in [3.05, 3.63) is 78.4 Å². The average molecular weight is 500 g/mol. The molecule has 0 aliphatic carbocycles. The fraction of sp³-hybridized carbons (Fsp3) is 0.208. The highest BCUT2D eigenvalue weighted by Gasteiger charge is 2.24. The van der Waals surface area contributed by atoms with Gasteiger partial charge in [-0.3, -0.25) is 14.7 Å². The highest BCUT2D eigenvalue weighted by atomic mass is 32.2. The molecule has 176 valence electrons. The van der Waals surface area contributed by atoms with Gasteiger partial charge in [0.1, 0.15) is 17.1 Å². The van der Waals surface area contributed by atoms with E-state index in [1.165, 1.54) is 28.4 Å². The van der Waals surface area contributed by atoms with Gasteiger partial charge in [-0.15, -0.1) is 0 Å². The topological polar surface area (TPSA) is 89.5 Å². The number of para-hydroxylation sites is 1. The minimum atomic E-state index is -3.77. The van der Waals surface area contributed by atoms with Crippen molar-refractivity contribution in [1.29, 1.82) is 0 Å². The SMILES string of the molecule is CCOc1cccc2sc(N(Cc3ccccn3)C(=O)CCS(=O)(=O)c3ccc(F)cc3)nc12. The standard InChI is InChI=1S/C24H22FN3O4S2/c1-2-32-20-7-5-8-21-23(20)27-24(33-21)28(16-18-6-3-4-14-26-18)22(29)13-15-34(30,31)19-11-9-17(25)10-12-19/h3-12,14H,2,13,15-16H2,1H3. The van der Waals surface area contributed by atoms with Crippen LogP contribution >= 0.6 is 11.3 Å². The van der Waals surface area contributed by atoms with Crippen molar-refractivity contribution in [1.82, 2.24) is 9.97 Å². The number of carbonyl (C=O) groups is 1. The third-order valence-corrected chi connectivity index (χ3v) is 7.78. The lowest BCUT2D eigenvalue weighted by molar-refractivity contribution is -0.118. The fourth-order valence-corrected chi connectivity index (χ4v) is 5.56. The number of rotatable bonds is 9. The molecule has 0 bridgehead atoms. The van der Waals surface area contributed by atoms with Crippen molar-refractivity contribution in [2.45, 2.75) is 24.8 Å². The van der Waals surface area contributed by atoms with Gasteiger partial charge in [0.15, 0.2) is 15.0 Å². The number of amides is 1. The Labute approximate surface area is 200 Å². The summed E-state index contributed by atoms with van der Waals surface area (Å²) in [6.07, 6.45) is 1.36. The predicted octanol–water partition coefficient (Wildman–Crippen LogP) is 4.63. The number of anilines is 1. The van der Waals surface area contributed by atoms with E-state index >= 15 is 0 Å². The van der Waals surface area contributed by atoms with E-state index in [-0.39, 0.29) is 17.9 Å². The molecule has 0 radical (unpaired) electrons. The Hall–Kier alpha value is -3.37. The zero-order chi connectivity index (χ0) is 24.1. The lowest BCUT2D eigenvalue weighted by atomic mass is 10.3. The third-order valence-electron chi connectivity index (χ3n) is 5.01. The van der Waals surface area contributed by atoms with Gasteiger partial charge in [0.05, 0.1) is 34.2 Å². The van der Waals surface area contributed by atoms with Gasteiger partial charge in [-0.2, -0.15) is 0 Å². The van der Waals surface area contributed by atoms with Crippen LogP contribution < -0.4 is 9.64 Å². The first kappa shape index (κ1) is 23.8. The van der Waals surface area contributed by atoms with E-state index < -0.39 is 27.3 Å². The molecule has 1 amide bonds. The summed E-state index contributed by atoms with van der Waals surface area (Å²) in [5.74, 6) is -0.732. The van der Waals surface area contributed by atoms with Crippen LogP contribution in [-0.4, -0.2) is 36.7 Å². The van der Waals surface area contributed by atoms with Crippen LogP contribution in [0.3, 0.4) is 0 Å². The van der Waals surface area contributed by atoms with Gasteiger partial charge < -0.3 is 4.74 Å². The third kappa shape index (κ3) is 5.40. The normalized spacial score (nSPS) is 11.5. The maximum Gasteiger partial charge on any atom is 0.230 e. The molecule has 4 rings (SSSR count). The maximum absolute atomic E-state index is 13.3. The minimum Gasteiger partial charge on any atom is -0.492 e. The molecule has 0 atom stereocenters. The molecular weight excluding hydrogens is 477 g/mol. The Morgan fingerprint density at radius 2 is 1.88 bits per heavy atom. The molecule has 0 unspecified atom stereocenters. The molecule has 0 fully saturated rings. The first-order chi connectivity index (χ1) is 16.4. The largest absolute Gasteiger partial charge is 0.492 e. The monoisotopic (exact) mass is 499 g/mol. The van der Waals surface area contributed by atoms with Gasteiger partial charge in [0, 0.05) is 12.6 Å². The van der Waals surface area contributed by atoms with E-state index in [0.717, 1.165) is 16.8 Å². The molecule has 0 aliphatic rings. The van der Waals surface area contributed by atoms with Crippen molar-refractivity contribution >= 4 is 42.4 Å². The van der Waals surface area contributed by atoms with Crippen LogP contribution in [0.2, 0.25) is 0 Å². The Kier molecular flexibility index (Phi) is 7.18. The van der Waals surface area contributed by atoms with Crippen LogP contribution in [0, 0.1) is 5.82 Å². The van der Waals surface area contributed by atoms with Gasteiger partial charge >= 0.3 is 0 Å². The number of halogens is 1. The van der Waals surface area contributed by atoms with Gasteiger partial charge in [-0.1, -0.05) is 23.5 Å². The van der Waals surface area contributed by atoms with Crippen molar-refractivity contribution in [3.63, 3.8) is 0 Å².